The molecule has 1 fully saturated rings. The molecule has 1 saturated heterocycles. The molecule has 1 aromatic carbocycles. The Morgan fingerprint density at radius 2 is 2.11 bits per heavy atom. The number of carbonyl (C=O) groups is 1. The lowest BCUT2D eigenvalue weighted by atomic mass is 9.92. The summed E-state index contributed by atoms with van der Waals surface area (Å²) in [5, 5.41) is 2.42. The number of carbonyl (C=O) groups excluding carboxylic acids is 1. The number of benzene rings is 1. The number of halogens is 3. The zero-order valence-electron chi connectivity index (χ0n) is 19.4. The van der Waals surface area contributed by atoms with Crippen molar-refractivity contribution in [1.29, 1.82) is 0 Å². The van der Waals surface area contributed by atoms with E-state index in [1.165, 1.54) is 42.3 Å². The van der Waals surface area contributed by atoms with Crippen molar-refractivity contribution in [3.63, 3.8) is 0 Å². The first-order chi connectivity index (χ1) is 14.8. The second kappa shape index (κ2) is 8.97. The van der Waals surface area contributed by atoms with Crippen molar-refractivity contribution < 1.29 is 19.1 Å². The summed E-state index contributed by atoms with van der Waals surface area (Å²) in [5.74, 6) is -0.986. The number of nitrogens with one attached hydrogen (secondary N) is 1. The summed E-state index contributed by atoms with van der Waals surface area (Å²) in [6, 6.07) is 6.52. The molecule has 1 aliphatic rings. The highest BCUT2D eigenvalue weighted by atomic mass is 35.5. The lowest BCUT2D eigenvalue weighted by Crippen LogP contribution is -2.48. The van der Waals surface area contributed by atoms with Gasteiger partial charge in [-0.1, -0.05) is 24.6 Å². The Hall–Kier alpha value is -2.05. The van der Waals surface area contributed by atoms with Gasteiger partial charge in [-0.05, 0) is 36.2 Å². The Bertz CT molecular complexity index is 978. The molecule has 0 saturated carbocycles. The van der Waals surface area contributed by atoms with Gasteiger partial charge >= 0.3 is 0 Å². The number of pyridine rings is 1. The van der Waals surface area contributed by atoms with E-state index in [-0.39, 0.29) is 54.7 Å². The molecule has 2 aromatic rings. The molecule has 0 atom stereocenters. The van der Waals surface area contributed by atoms with Crippen LogP contribution in [0.25, 0.3) is 0 Å². The van der Waals surface area contributed by atoms with E-state index in [0.29, 0.717) is 5.56 Å². The minimum atomic E-state index is -2.12. The van der Waals surface area contributed by atoms with Gasteiger partial charge in [0.25, 0.3) is 5.91 Å². The number of rotatable bonds is 6. The predicted octanol–water partition coefficient (Wildman–Crippen LogP) is 4.17. The number of aromatic nitrogens is 1. The lowest BCUT2D eigenvalue weighted by molar-refractivity contribution is 0.0434. The van der Waals surface area contributed by atoms with Crippen LogP contribution in [0.2, 0.25) is 5.02 Å². The van der Waals surface area contributed by atoms with Crippen molar-refractivity contribution in [2.45, 2.75) is 38.3 Å². The summed E-state index contributed by atoms with van der Waals surface area (Å²) < 4.78 is 60.3. The number of amides is 1. The Morgan fingerprint density at radius 3 is 2.71 bits per heavy atom. The van der Waals surface area contributed by atoms with E-state index in [9.17, 15) is 9.18 Å². The van der Waals surface area contributed by atoms with Crippen molar-refractivity contribution in [3.05, 3.63) is 64.2 Å². The fraction of sp³-hybridized carbons (Fsp3) is 0.429. The van der Waals surface area contributed by atoms with Gasteiger partial charge in [0.05, 0.1) is 10.7 Å². The van der Waals surface area contributed by atoms with Gasteiger partial charge in [-0.2, -0.15) is 0 Å². The van der Waals surface area contributed by atoms with Crippen LogP contribution >= 0.6 is 11.6 Å². The molecule has 150 valence electrons. The molecule has 1 N–H and O–H groups in total. The maximum absolute atomic E-state index is 15.3. The van der Waals surface area contributed by atoms with Crippen molar-refractivity contribution in [3.8, 4) is 0 Å². The second-order valence-corrected chi connectivity index (χ2v) is 7.14. The minimum absolute atomic E-state index is 0.0130. The Labute approximate surface area is 174 Å². The molecule has 7 heteroatoms. The third-order valence-electron chi connectivity index (χ3n) is 4.79. The molecule has 1 aliphatic heterocycles. The maximum atomic E-state index is 15.3. The topological polar surface area (TPSA) is 45.2 Å². The van der Waals surface area contributed by atoms with Gasteiger partial charge < -0.3 is 10.2 Å². The van der Waals surface area contributed by atoms with Gasteiger partial charge in [-0.3, -0.25) is 9.78 Å². The first-order valence-electron chi connectivity index (χ1n) is 11.0. The molecule has 3 rings (SSSR count). The van der Waals surface area contributed by atoms with E-state index in [2.05, 4.69) is 10.3 Å². The monoisotopic (exact) mass is 411 g/mol. The summed E-state index contributed by atoms with van der Waals surface area (Å²) in [4.78, 5) is 18.0. The second-order valence-electron chi connectivity index (χ2n) is 6.73. The molecule has 28 heavy (non-hydrogen) atoms. The van der Waals surface area contributed by atoms with Gasteiger partial charge in [0.1, 0.15) is 11.5 Å². The number of likely N-dealkylation sites (tertiary alicyclic amines) is 1. The molecule has 1 aromatic heterocycles. The number of aryl methyl sites for hydroxylation is 1. The number of hydrogen-bond donors (Lipinski definition) is 1. The molecule has 0 spiro atoms. The summed E-state index contributed by atoms with van der Waals surface area (Å²) in [7, 11) is 0. The van der Waals surface area contributed by atoms with Crippen molar-refractivity contribution in [2.75, 3.05) is 19.6 Å². The zero-order valence-corrected chi connectivity index (χ0v) is 16.2. The van der Waals surface area contributed by atoms with Gasteiger partial charge in [0.2, 0.25) is 0 Å². The average molecular weight is 412 g/mol. The lowest BCUT2D eigenvalue weighted by Gasteiger charge is -2.36. The molecular weight excluding hydrogens is 384 g/mol. The van der Waals surface area contributed by atoms with Crippen LogP contribution in [-0.4, -0.2) is 41.1 Å². The van der Waals surface area contributed by atoms with Crippen molar-refractivity contribution in [1.82, 2.24) is 15.2 Å². The van der Waals surface area contributed by atoms with Crippen LogP contribution < -0.4 is 5.32 Å². The van der Waals surface area contributed by atoms with Crippen LogP contribution in [0.3, 0.4) is 0 Å². The van der Waals surface area contributed by atoms with E-state index in [1.54, 1.807) is 0 Å². The van der Waals surface area contributed by atoms with Gasteiger partial charge in [-0.25, -0.2) is 8.78 Å². The molecule has 2 heterocycles. The van der Waals surface area contributed by atoms with E-state index in [0.717, 1.165) is 6.07 Å². The fourth-order valence-electron chi connectivity index (χ4n) is 3.01. The van der Waals surface area contributed by atoms with Gasteiger partial charge in [0.15, 0.2) is 0 Å². The van der Waals surface area contributed by atoms with Gasteiger partial charge in [0, 0.05) is 56.2 Å². The average Bonchev–Trinajstić information content (AvgIpc) is 2.74. The first kappa shape index (κ1) is 15.8. The molecular formula is C21H24ClF2N3O. The van der Waals surface area contributed by atoms with Crippen LogP contribution in [0, 0.1) is 5.82 Å². The Balaban J connectivity index is 1.58. The van der Waals surface area contributed by atoms with Crippen LogP contribution in [-0.2, 0) is 12.9 Å². The van der Waals surface area contributed by atoms with E-state index < -0.39 is 24.4 Å². The fourth-order valence-corrected chi connectivity index (χ4v) is 3.19. The summed E-state index contributed by atoms with van der Waals surface area (Å²) in [6.45, 7) is -0.745. The number of alkyl halides is 1. The molecule has 0 aliphatic carbocycles. The minimum Gasteiger partial charge on any atom is -0.338 e. The highest BCUT2D eigenvalue weighted by Crippen LogP contribution is 2.27. The molecule has 0 unspecified atom stereocenters. The summed E-state index contributed by atoms with van der Waals surface area (Å²) in [6.07, 6.45) is -0.302. The van der Waals surface area contributed by atoms with Crippen molar-refractivity contribution >= 4 is 17.5 Å². The van der Waals surface area contributed by atoms with E-state index in [4.69, 9.17) is 17.1 Å². The van der Waals surface area contributed by atoms with E-state index >= 15 is 4.39 Å². The standard InChI is InChI=1S/C21H24ClF2N3O/c1-2-15-3-5-17(26-12-15)13-25-14-21(24)7-9-27(10-8-21)20(28)16-4-6-19(23)18(22)11-16/h3-6,11-12,25H,2,7-10,13-14H2,1H3/i2D2,13D2. The molecule has 1 amide bonds. The zero-order chi connectivity index (χ0) is 23.7. The number of piperidine rings is 1. The summed E-state index contributed by atoms with van der Waals surface area (Å²) >= 11 is 5.73. The van der Waals surface area contributed by atoms with Crippen LogP contribution in [0.15, 0.2) is 36.5 Å². The summed E-state index contributed by atoms with van der Waals surface area (Å²) in [5.41, 5.74) is -1.15. The van der Waals surface area contributed by atoms with Gasteiger partial charge in [-0.15, -0.1) is 0 Å². The Morgan fingerprint density at radius 1 is 1.36 bits per heavy atom. The van der Waals surface area contributed by atoms with Crippen LogP contribution in [0.1, 0.15) is 46.9 Å². The number of hydrogen-bond acceptors (Lipinski definition) is 3. The highest BCUT2D eigenvalue weighted by molar-refractivity contribution is 6.31. The highest BCUT2D eigenvalue weighted by Gasteiger charge is 2.35. The third-order valence-corrected chi connectivity index (χ3v) is 5.08. The SMILES string of the molecule is [2H]C([2H])(C)c1ccc(C([2H])([2H])NCC2(F)CCN(C(=O)c3ccc(F)c(Cl)c3)CC2)nc1. The van der Waals surface area contributed by atoms with Crippen LogP contribution in [0.5, 0.6) is 0 Å². The quantitative estimate of drug-likeness (QED) is 0.775. The first-order valence-corrected chi connectivity index (χ1v) is 9.34. The van der Waals surface area contributed by atoms with E-state index in [1.807, 2.05) is 0 Å². The van der Waals surface area contributed by atoms with Crippen molar-refractivity contribution in [2.24, 2.45) is 0 Å². The maximum Gasteiger partial charge on any atom is 0.253 e. The normalized spacial score (nSPS) is 19.4. The molecule has 0 radical (unpaired) electrons. The third kappa shape index (κ3) is 5.06. The molecule has 4 nitrogen and oxygen atoms in total. The smallest absolute Gasteiger partial charge is 0.253 e. The Kier molecular flexibility index (Phi) is 5.07. The molecule has 0 bridgehead atoms. The largest absolute Gasteiger partial charge is 0.338 e. The van der Waals surface area contributed by atoms with Crippen LogP contribution in [0.4, 0.5) is 8.78 Å². The number of nitrogens with zero attached hydrogens (tertiary/aromatic N) is 2. The predicted molar refractivity (Wildman–Crippen MR) is 106 cm³/mol.